The molecule has 5 heteroatoms. The first kappa shape index (κ1) is 13.5. The molecule has 0 aromatic rings. The molecular formula is C12H20N2O3. The highest BCUT2D eigenvalue weighted by Gasteiger charge is 2.19. The molecule has 0 saturated carbocycles. The summed E-state index contributed by atoms with van der Waals surface area (Å²) in [6.07, 6.45) is 2.80. The van der Waals surface area contributed by atoms with E-state index in [1.165, 1.54) is 6.92 Å². The molecule has 0 aromatic carbocycles. The highest BCUT2D eigenvalue weighted by Crippen LogP contribution is 2.14. The fourth-order valence-corrected chi connectivity index (χ4v) is 1.53. The molecule has 96 valence electrons. The van der Waals surface area contributed by atoms with Gasteiger partial charge in [-0.1, -0.05) is 0 Å². The lowest BCUT2D eigenvalue weighted by molar-refractivity contribution is -0.126. The van der Waals surface area contributed by atoms with Crippen LogP contribution in [0.25, 0.3) is 0 Å². The summed E-state index contributed by atoms with van der Waals surface area (Å²) in [6.45, 7) is 7.64. The smallest absolute Gasteiger partial charge is 0.411 e. The molecule has 0 aliphatic carbocycles. The zero-order valence-electron chi connectivity index (χ0n) is 10.9. The number of hydrogen-bond donors (Lipinski definition) is 1. The van der Waals surface area contributed by atoms with E-state index in [-0.39, 0.29) is 5.91 Å². The van der Waals surface area contributed by atoms with Gasteiger partial charge in [-0.15, -0.1) is 0 Å². The average molecular weight is 240 g/mol. The van der Waals surface area contributed by atoms with Crippen LogP contribution in [0.4, 0.5) is 4.79 Å². The van der Waals surface area contributed by atoms with Crippen LogP contribution in [-0.4, -0.2) is 29.0 Å². The number of carbonyl (C=O) groups excluding carboxylic acids is 2. The van der Waals surface area contributed by atoms with Gasteiger partial charge < -0.3 is 9.64 Å². The summed E-state index contributed by atoms with van der Waals surface area (Å²) in [5.41, 5.74) is 0.209. The van der Waals surface area contributed by atoms with Gasteiger partial charge in [-0.2, -0.15) is 0 Å². The topological polar surface area (TPSA) is 58.6 Å². The van der Waals surface area contributed by atoms with Crippen molar-refractivity contribution in [1.82, 2.24) is 10.2 Å². The molecule has 1 aliphatic rings. The number of hydrogen-bond acceptors (Lipinski definition) is 3. The number of rotatable bonds is 1. The zero-order chi connectivity index (χ0) is 13.1. The number of nitrogens with one attached hydrogen (secondary N) is 1. The van der Waals surface area contributed by atoms with Crippen LogP contribution < -0.4 is 5.32 Å². The number of allylic oxidation sites excluding steroid dienone is 1. The van der Waals surface area contributed by atoms with E-state index in [0.717, 1.165) is 18.5 Å². The standard InChI is InChI=1S/C12H20N2O3/c1-9(15)14-7-5-6-10(8-14)13-11(16)17-12(2,3)4/h8H,5-7H2,1-4H3,(H,13,16). The molecule has 1 aliphatic heterocycles. The van der Waals surface area contributed by atoms with E-state index in [0.29, 0.717) is 6.54 Å². The molecule has 0 saturated heterocycles. The molecule has 17 heavy (non-hydrogen) atoms. The van der Waals surface area contributed by atoms with Crippen molar-refractivity contribution < 1.29 is 14.3 Å². The lowest BCUT2D eigenvalue weighted by atomic mass is 10.2. The maximum Gasteiger partial charge on any atom is 0.411 e. The van der Waals surface area contributed by atoms with Crippen LogP contribution in [0, 0.1) is 0 Å². The molecular weight excluding hydrogens is 220 g/mol. The van der Waals surface area contributed by atoms with Crippen LogP contribution in [0.2, 0.25) is 0 Å². The summed E-state index contributed by atoms with van der Waals surface area (Å²) >= 11 is 0. The molecule has 1 heterocycles. The van der Waals surface area contributed by atoms with Crippen molar-refractivity contribution >= 4 is 12.0 Å². The Morgan fingerprint density at radius 2 is 2.06 bits per heavy atom. The van der Waals surface area contributed by atoms with Crippen LogP contribution >= 0.6 is 0 Å². The Morgan fingerprint density at radius 1 is 1.41 bits per heavy atom. The van der Waals surface area contributed by atoms with E-state index in [9.17, 15) is 9.59 Å². The van der Waals surface area contributed by atoms with Gasteiger partial charge in [0.25, 0.3) is 0 Å². The van der Waals surface area contributed by atoms with Crippen molar-refractivity contribution in [1.29, 1.82) is 0 Å². The number of nitrogens with zero attached hydrogens (tertiary/aromatic N) is 1. The van der Waals surface area contributed by atoms with Crippen molar-refractivity contribution in [2.45, 2.75) is 46.1 Å². The second-order valence-electron chi connectivity index (χ2n) is 5.10. The SMILES string of the molecule is CC(=O)N1C=C(NC(=O)OC(C)(C)C)CCC1. The first-order valence-corrected chi connectivity index (χ1v) is 5.76. The average Bonchev–Trinajstić information content (AvgIpc) is 2.14. The minimum atomic E-state index is -0.514. The molecule has 0 radical (unpaired) electrons. The fourth-order valence-electron chi connectivity index (χ4n) is 1.53. The van der Waals surface area contributed by atoms with Crippen LogP contribution in [0.3, 0.4) is 0 Å². The lowest BCUT2D eigenvalue weighted by Crippen LogP contribution is -2.35. The van der Waals surface area contributed by atoms with Crippen molar-refractivity contribution in [3.8, 4) is 0 Å². The van der Waals surface area contributed by atoms with Gasteiger partial charge in [-0.05, 0) is 33.6 Å². The third-order valence-electron chi connectivity index (χ3n) is 2.22. The Morgan fingerprint density at radius 3 is 2.59 bits per heavy atom. The number of carbonyl (C=O) groups is 2. The van der Waals surface area contributed by atoms with Crippen molar-refractivity contribution in [3.63, 3.8) is 0 Å². The minimum absolute atomic E-state index is 0.0202. The predicted octanol–water partition coefficient (Wildman–Crippen LogP) is 1.99. The first-order valence-electron chi connectivity index (χ1n) is 5.76. The summed E-state index contributed by atoms with van der Waals surface area (Å²) in [4.78, 5) is 24.3. The quantitative estimate of drug-likeness (QED) is 0.762. The Hall–Kier alpha value is -1.52. The van der Waals surface area contributed by atoms with Gasteiger partial charge in [-0.3, -0.25) is 10.1 Å². The van der Waals surface area contributed by atoms with E-state index >= 15 is 0 Å². The van der Waals surface area contributed by atoms with E-state index in [1.54, 1.807) is 11.1 Å². The monoisotopic (exact) mass is 240 g/mol. The van der Waals surface area contributed by atoms with Gasteiger partial charge >= 0.3 is 6.09 Å². The fraction of sp³-hybridized carbons (Fsp3) is 0.667. The summed E-state index contributed by atoms with van der Waals surface area (Å²) in [5.74, 6) is -0.0202. The highest BCUT2D eigenvalue weighted by atomic mass is 16.6. The Bertz CT molecular complexity index is 342. The molecule has 2 amide bonds. The van der Waals surface area contributed by atoms with Gasteiger partial charge in [0.15, 0.2) is 0 Å². The summed E-state index contributed by atoms with van der Waals surface area (Å²) in [7, 11) is 0. The Labute approximate surface area is 102 Å². The van der Waals surface area contributed by atoms with E-state index < -0.39 is 11.7 Å². The second kappa shape index (κ2) is 5.21. The van der Waals surface area contributed by atoms with Gasteiger partial charge in [0.2, 0.25) is 5.91 Å². The maximum atomic E-state index is 11.5. The molecule has 0 fully saturated rings. The van der Waals surface area contributed by atoms with Gasteiger partial charge in [0.05, 0.1) is 0 Å². The van der Waals surface area contributed by atoms with Crippen LogP contribution in [-0.2, 0) is 9.53 Å². The van der Waals surface area contributed by atoms with Gasteiger partial charge in [0, 0.05) is 25.4 Å². The molecule has 0 spiro atoms. The van der Waals surface area contributed by atoms with Crippen molar-refractivity contribution in [2.24, 2.45) is 0 Å². The van der Waals surface area contributed by atoms with E-state index in [4.69, 9.17) is 4.74 Å². The largest absolute Gasteiger partial charge is 0.444 e. The predicted molar refractivity (Wildman–Crippen MR) is 64.1 cm³/mol. The summed E-state index contributed by atoms with van der Waals surface area (Å²) in [5, 5.41) is 2.67. The Kier molecular flexibility index (Phi) is 4.15. The molecule has 0 aromatic heterocycles. The van der Waals surface area contributed by atoms with Crippen LogP contribution in [0.15, 0.2) is 11.9 Å². The molecule has 0 bridgehead atoms. The van der Waals surface area contributed by atoms with Crippen molar-refractivity contribution in [3.05, 3.63) is 11.9 Å². The molecule has 1 N–H and O–H groups in total. The minimum Gasteiger partial charge on any atom is -0.444 e. The lowest BCUT2D eigenvalue weighted by Gasteiger charge is -2.25. The maximum absolute atomic E-state index is 11.5. The Balaban J connectivity index is 2.56. The number of amides is 2. The van der Waals surface area contributed by atoms with Crippen LogP contribution in [0.1, 0.15) is 40.5 Å². The van der Waals surface area contributed by atoms with Gasteiger partial charge in [0.1, 0.15) is 5.60 Å². The van der Waals surface area contributed by atoms with Crippen LogP contribution in [0.5, 0.6) is 0 Å². The third kappa shape index (κ3) is 4.89. The second-order valence-corrected chi connectivity index (χ2v) is 5.10. The molecule has 0 unspecified atom stereocenters. The summed E-state index contributed by atoms with van der Waals surface area (Å²) < 4.78 is 5.14. The number of ether oxygens (including phenoxy) is 1. The summed E-state index contributed by atoms with van der Waals surface area (Å²) in [6, 6.07) is 0. The highest BCUT2D eigenvalue weighted by molar-refractivity contribution is 5.75. The van der Waals surface area contributed by atoms with E-state index in [1.807, 2.05) is 20.8 Å². The van der Waals surface area contributed by atoms with Crippen molar-refractivity contribution in [2.75, 3.05) is 6.54 Å². The molecule has 0 atom stereocenters. The third-order valence-corrected chi connectivity index (χ3v) is 2.22. The first-order chi connectivity index (χ1) is 7.78. The normalized spacial score (nSPS) is 16.2. The molecule has 5 nitrogen and oxygen atoms in total. The molecule has 1 rings (SSSR count). The zero-order valence-corrected chi connectivity index (χ0v) is 10.9. The number of alkyl carbamates (subject to hydrolysis) is 1. The van der Waals surface area contributed by atoms with Gasteiger partial charge in [-0.25, -0.2) is 4.79 Å². The van der Waals surface area contributed by atoms with E-state index in [2.05, 4.69) is 5.32 Å².